The third-order valence-corrected chi connectivity index (χ3v) is 6.73. The van der Waals surface area contributed by atoms with Crippen LogP contribution in [0.4, 0.5) is 0 Å². The molecule has 0 fully saturated rings. The van der Waals surface area contributed by atoms with E-state index in [1.165, 1.54) is 0 Å². The number of aromatic nitrogens is 2. The highest BCUT2D eigenvalue weighted by Crippen LogP contribution is 2.34. The molecule has 0 aliphatic carbocycles. The van der Waals surface area contributed by atoms with Gasteiger partial charge in [-0.05, 0) is 29.9 Å². The van der Waals surface area contributed by atoms with Gasteiger partial charge in [-0.1, -0.05) is 51.1 Å². The smallest absolute Gasteiger partial charge is 0.262 e. The molecule has 0 N–H and O–H groups in total. The highest BCUT2D eigenvalue weighted by Gasteiger charge is 2.30. The Morgan fingerprint density at radius 1 is 1.24 bits per heavy atom. The van der Waals surface area contributed by atoms with E-state index in [1.807, 2.05) is 35.2 Å². The summed E-state index contributed by atoms with van der Waals surface area (Å²) < 4.78 is 1.72. The molecule has 4 rings (SSSR count). The summed E-state index contributed by atoms with van der Waals surface area (Å²) in [7, 11) is 0. The number of hydrogen-bond acceptors (Lipinski definition) is 4. The van der Waals surface area contributed by atoms with Crippen molar-refractivity contribution in [2.24, 2.45) is 5.92 Å². The average molecular weight is 410 g/mol. The van der Waals surface area contributed by atoms with Crippen molar-refractivity contribution < 1.29 is 4.79 Å². The Kier molecular flexibility index (Phi) is 5.54. The molecule has 0 radical (unpaired) electrons. The number of carbonyl (C=O) groups is 1. The molecule has 29 heavy (non-hydrogen) atoms. The van der Waals surface area contributed by atoms with Crippen LogP contribution < -0.4 is 5.56 Å². The number of benzene rings is 1. The molecule has 0 spiro atoms. The highest BCUT2D eigenvalue weighted by atomic mass is 32.1. The van der Waals surface area contributed by atoms with Crippen LogP contribution in [0.1, 0.15) is 49.1 Å². The van der Waals surface area contributed by atoms with Crippen LogP contribution in [0.15, 0.2) is 41.5 Å². The van der Waals surface area contributed by atoms with E-state index in [0.717, 1.165) is 39.1 Å². The fourth-order valence-electron chi connectivity index (χ4n) is 4.19. The Morgan fingerprint density at radius 3 is 2.69 bits per heavy atom. The van der Waals surface area contributed by atoms with Gasteiger partial charge in [-0.2, -0.15) is 0 Å². The van der Waals surface area contributed by atoms with Crippen molar-refractivity contribution in [2.45, 2.75) is 52.6 Å². The number of hydrogen-bond donors (Lipinski definition) is 0. The zero-order valence-electron chi connectivity index (χ0n) is 17.2. The monoisotopic (exact) mass is 409 g/mol. The third-order valence-electron chi connectivity index (χ3n) is 5.61. The molecule has 0 saturated heterocycles. The first-order valence-electron chi connectivity index (χ1n) is 10.3. The SMILES string of the molecule is CCC(C(=O)N1CCc2c(sc3ncn(CC(C)C)c(=O)c23)C1)c1ccccc1. The largest absolute Gasteiger partial charge is 0.337 e. The number of nitrogens with zero attached hydrogens (tertiary/aromatic N) is 3. The fourth-order valence-corrected chi connectivity index (χ4v) is 5.38. The molecule has 3 heterocycles. The maximum absolute atomic E-state index is 13.2. The van der Waals surface area contributed by atoms with E-state index >= 15 is 0 Å². The zero-order chi connectivity index (χ0) is 20.5. The summed E-state index contributed by atoms with van der Waals surface area (Å²) in [6, 6.07) is 10.0. The summed E-state index contributed by atoms with van der Waals surface area (Å²) in [5.41, 5.74) is 2.22. The lowest BCUT2D eigenvalue weighted by molar-refractivity contribution is -0.133. The minimum absolute atomic E-state index is 0.0525. The third kappa shape index (κ3) is 3.73. The highest BCUT2D eigenvalue weighted by molar-refractivity contribution is 7.18. The van der Waals surface area contributed by atoms with Crippen LogP contribution in [0.2, 0.25) is 0 Å². The van der Waals surface area contributed by atoms with Crippen molar-refractivity contribution >= 4 is 27.5 Å². The molecule has 2 aromatic heterocycles. The normalized spacial score (nSPS) is 15.0. The van der Waals surface area contributed by atoms with E-state index < -0.39 is 0 Å². The average Bonchev–Trinajstić information content (AvgIpc) is 3.09. The van der Waals surface area contributed by atoms with Gasteiger partial charge in [-0.15, -0.1) is 11.3 Å². The Bertz CT molecular complexity index is 1080. The van der Waals surface area contributed by atoms with Crippen molar-refractivity contribution in [3.05, 3.63) is 63.0 Å². The van der Waals surface area contributed by atoms with Crippen molar-refractivity contribution in [1.82, 2.24) is 14.5 Å². The van der Waals surface area contributed by atoms with Crippen molar-refractivity contribution in [2.75, 3.05) is 6.54 Å². The molecule has 152 valence electrons. The molecule has 1 aliphatic rings. The maximum atomic E-state index is 13.2. The Hall–Kier alpha value is -2.47. The van der Waals surface area contributed by atoms with E-state index in [0.29, 0.717) is 25.6 Å². The molecule has 5 nitrogen and oxygen atoms in total. The Morgan fingerprint density at radius 2 is 2.00 bits per heavy atom. The molecule has 1 amide bonds. The van der Waals surface area contributed by atoms with Crippen LogP contribution >= 0.6 is 11.3 Å². The van der Waals surface area contributed by atoms with Crippen molar-refractivity contribution in [3.63, 3.8) is 0 Å². The van der Waals surface area contributed by atoms with Crippen LogP contribution in [-0.2, 0) is 24.3 Å². The standard InChI is InChI=1S/C23H27N3O2S/c1-4-17(16-8-6-5-7-9-16)22(27)25-11-10-18-19(13-25)29-21-20(18)23(28)26(14-24-21)12-15(2)3/h5-9,14-15,17H,4,10-13H2,1-3H3. The van der Waals surface area contributed by atoms with Gasteiger partial charge in [0.05, 0.1) is 24.2 Å². The van der Waals surface area contributed by atoms with Gasteiger partial charge < -0.3 is 4.90 Å². The minimum Gasteiger partial charge on any atom is -0.337 e. The van der Waals surface area contributed by atoms with Gasteiger partial charge in [0, 0.05) is 18.0 Å². The van der Waals surface area contributed by atoms with Crippen LogP contribution in [-0.4, -0.2) is 26.9 Å². The van der Waals surface area contributed by atoms with Crippen LogP contribution in [0, 0.1) is 5.92 Å². The maximum Gasteiger partial charge on any atom is 0.262 e. The Balaban J connectivity index is 1.63. The lowest BCUT2D eigenvalue weighted by Gasteiger charge is -2.30. The van der Waals surface area contributed by atoms with Gasteiger partial charge in [0.25, 0.3) is 5.56 Å². The lowest BCUT2D eigenvalue weighted by atomic mass is 9.94. The molecule has 1 aromatic carbocycles. The number of amides is 1. The van der Waals surface area contributed by atoms with E-state index in [1.54, 1.807) is 22.2 Å². The summed E-state index contributed by atoms with van der Waals surface area (Å²) in [4.78, 5) is 34.6. The second kappa shape index (κ2) is 8.11. The first-order chi connectivity index (χ1) is 14.0. The van der Waals surface area contributed by atoms with Crippen LogP contribution in [0.3, 0.4) is 0 Å². The molecule has 1 aliphatic heterocycles. The van der Waals surface area contributed by atoms with E-state index in [2.05, 4.69) is 25.8 Å². The van der Waals surface area contributed by atoms with Crippen LogP contribution in [0.5, 0.6) is 0 Å². The number of thiophene rings is 1. The van der Waals surface area contributed by atoms with Crippen LogP contribution in [0.25, 0.3) is 10.2 Å². The fraction of sp³-hybridized carbons (Fsp3) is 0.435. The first kappa shape index (κ1) is 19.8. The summed E-state index contributed by atoms with van der Waals surface area (Å²) >= 11 is 1.56. The van der Waals surface area contributed by atoms with E-state index in [9.17, 15) is 9.59 Å². The molecule has 1 atom stereocenters. The molecule has 0 saturated carbocycles. The zero-order valence-corrected chi connectivity index (χ0v) is 18.0. The topological polar surface area (TPSA) is 55.2 Å². The summed E-state index contributed by atoms with van der Waals surface area (Å²) in [5.74, 6) is 0.444. The van der Waals surface area contributed by atoms with Crippen molar-refractivity contribution in [3.8, 4) is 0 Å². The number of rotatable bonds is 5. The first-order valence-corrected chi connectivity index (χ1v) is 11.1. The van der Waals surface area contributed by atoms with E-state index in [-0.39, 0.29) is 17.4 Å². The van der Waals surface area contributed by atoms with Gasteiger partial charge in [0.15, 0.2) is 0 Å². The molecule has 1 unspecified atom stereocenters. The van der Waals surface area contributed by atoms with E-state index in [4.69, 9.17) is 0 Å². The van der Waals surface area contributed by atoms with Gasteiger partial charge in [0.2, 0.25) is 5.91 Å². The number of carbonyl (C=O) groups excluding carboxylic acids is 1. The molecule has 0 bridgehead atoms. The summed E-state index contributed by atoms with van der Waals surface area (Å²) in [6.45, 7) is 8.15. The van der Waals surface area contributed by atoms with Gasteiger partial charge in [-0.3, -0.25) is 14.2 Å². The van der Waals surface area contributed by atoms with Crippen molar-refractivity contribution in [1.29, 1.82) is 0 Å². The van der Waals surface area contributed by atoms with Gasteiger partial charge >= 0.3 is 0 Å². The Labute approximate surface area is 175 Å². The molecular formula is C23H27N3O2S. The summed E-state index contributed by atoms with van der Waals surface area (Å²) in [6.07, 6.45) is 3.16. The van der Waals surface area contributed by atoms with Gasteiger partial charge in [-0.25, -0.2) is 4.98 Å². The molecular weight excluding hydrogens is 382 g/mol. The second-order valence-corrected chi connectivity index (χ2v) is 9.24. The minimum atomic E-state index is -0.117. The predicted octanol–water partition coefficient (Wildman–Crippen LogP) is 4.19. The molecule has 3 aromatic rings. The van der Waals surface area contributed by atoms with Gasteiger partial charge in [0.1, 0.15) is 4.83 Å². The molecule has 6 heteroatoms. The predicted molar refractivity (Wildman–Crippen MR) is 117 cm³/mol. The lowest BCUT2D eigenvalue weighted by Crippen LogP contribution is -2.38. The summed E-state index contributed by atoms with van der Waals surface area (Å²) in [5, 5.41) is 0.760. The number of fused-ring (bicyclic) bond motifs is 3. The quantitative estimate of drug-likeness (QED) is 0.635. The second-order valence-electron chi connectivity index (χ2n) is 8.16.